The van der Waals surface area contributed by atoms with Gasteiger partial charge in [-0.25, -0.2) is 4.98 Å². The summed E-state index contributed by atoms with van der Waals surface area (Å²) in [5.41, 5.74) is 2.70. The first-order valence-corrected chi connectivity index (χ1v) is 6.60. The van der Waals surface area contributed by atoms with Crippen molar-refractivity contribution in [3.05, 3.63) is 16.6 Å². The lowest BCUT2D eigenvalue weighted by molar-refractivity contribution is -0.138. The van der Waals surface area contributed by atoms with Crippen LogP contribution in [0.15, 0.2) is 10.9 Å². The van der Waals surface area contributed by atoms with Gasteiger partial charge in [-0.2, -0.15) is 0 Å². The van der Waals surface area contributed by atoms with Gasteiger partial charge < -0.3 is 15.0 Å². The molecule has 0 aromatic carbocycles. The van der Waals surface area contributed by atoms with Crippen LogP contribution in [0.3, 0.4) is 0 Å². The molecule has 1 amide bonds. The number of hydrogen-bond acceptors (Lipinski definition) is 5. The first-order chi connectivity index (χ1) is 8.18. The Morgan fingerprint density at radius 1 is 1.63 bits per heavy atom. The largest absolute Gasteiger partial charge is 0.375 e. The first kappa shape index (κ1) is 18.6. The Hall–Kier alpha value is -0.400. The number of halogens is 2. The maximum absolute atomic E-state index is 12.2. The van der Waals surface area contributed by atoms with Crippen molar-refractivity contribution in [2.75, 3.05) is 20.2 Å². The molecule has 0 spiro atoms. The lowest BCUT2D eigenvalue weighted by Crippen LogP contribution is -2.55. The molecule has 110 valence electrons. The SMILES string of the molecule is C[C@H]1OCCN[C@@H]1C(=O)N(C)Cc1cscn1.Cl.Cl. The number of carbonyl (C=O) groups excluding carboxylic acids is 1. The lowest BCUT2D eigenvalue weighted by atomic mass is 10.1. The molecule has 19 heavy (non-hydrogen) atoms. The number of amides is 1. The average molecular weight is 328 g/mol. The standard InChI is InChI=1S/C11H17N3O2S.2ClH/c1-8-10(12-3-4-16-8)11(15)14(2)5-9-6-17-7-13-9;;/h6-8,10,12H,3-5H2,1-2H3;2*1H/t8-,10+;;/m1../s1. The molecule has 1 N–H and O–H groups in total. The van der Waals surface area contributed by atoms with Gasteiger partial charge in [-0.3, -0.25) is 4.79 Å². The van der Waals surface area contributed by atoms with E-state index in [9.17, 15) is 4.79 Å². The van der Waals surface area contributed by atoms with E-state index in [-0.39, 0.29) is 42.9 Å². The second-order valence-electron chi connectivity index (χ2n) is 4.18. The molecule has 0 radical (unpaired) electrons. The molecule has 1 aromatic heterocycles. The average Bonchev–Trinajstić information content (AvgIpc) is 2.81. The molecule has 1 saturated heterocycles. The number of likely N-dealkylation sites (N-methyl/N-ethyl adjacent to an activating group) is 1. The summed E-state index contributed by atoms with van der Waals surface area (Å²) in [4.78, 5) is 18.1. The van der Waals surface area contributed by atoms with Crippen LogP contribution in [-0.2, 0) is 16.1 Å². The van der Waals surface area contributed by atoms with E-state index < -0.39 is 0 Å². The van der Waals surface area contributed by atoms with Gasteiger partial charge in [0.25, 0.3) is 0 Å². The van der Waals surface area contributed by atoms with Crippen molar-refractivity contribution in [1.82, 2.24) is 15.2 Å². The summed E-state index contributed by atoms with van der Waals surface area (Å²) in [6, 6.07) is -0.243. The predicted octanol–water partition coefficient (Wildman–Crippen LogP) is 1.32. The van der Waals surface area contributed by atoms with Crippen LogP contribution in [0.5, 0.6) is 0 Å². The Morgan fingerprint density at radius 2 is 2.37 bits per heavy atom. The van der Waals surface area contributed by atoms with Gasteiger partial charge in [0, 0.05) is 19.0 Å². The second-order valence-corrected chi connectivity index (χ2v) is 4.90. The molecule has 2 atom stereocenters. The summed E-state index contributed by atoms with van der Waals surface area (Å²) in [6.07, 6.45) is -0.0749. The van der Waals surface area contributed by atoms with Crippen LogP contribution in [0.4, 0.5) is 0 Å². The number of carbonyl (C=O) groups is 1. The van der Waals surface area contributed by atoms with E-state index in [0.717, 1.165) is 12.2 Å². The van der Waals surface area contributed by atoms with Crippen molar-refractivity contribution in [2.24, 2.45) is 0 Å². The third kappa shape index (κ3) is 4.89. The van der Waals surface area contributed by atoms with Crippen molar-refractivity contribution in [3.63, 3.8) is 0 Å². The molecule has 5 nitrogen and oxygen atoms in total. The monoisotopic (exact) mass is 327 g/mol. The normalized spacial score (nSPS) is 22.0. The topological polar surface area (TPSA) is 54.5 Å². The van der Waals surface area contributed by atoms with E-state index in [4.69, 9.17) is 4.74 Å². The molecule has 1 aromatic rings. The Morgan fingerprint density at radius 3 is 2.95 bits per heavy atom. The van der Waals surface area contributed by atoms with Crippen molar-refractivity contribution in [1.29, 1.82) is 0 Å². The smallest absolute Gasteiger partial charge is 0.242 e. The van der Waals surface area contributed by atoms with Crippen molar-refractivity contribution in [3.8, 4) is 0 Å². The molecule has 8 heteroatoms. The minimum absolute atomic E-state index is 0. The predicted molar refractivity (Wildman–Crippen MR) is 80.3 cm³/mol. The van der Waals surface area contributed by atoms with Crippen LogP contribution in [-0.4, -0.2) is 48.1 Å². The number of thiazole rings is 1. The summed E-state index contributed by atoms with van der Waals surface area (Å²) in [5.74, 6) is 0.0604. The number of nitrogens with zero attached hydrogens (tertiary/aromatic N) is 2. The zero-order valence-electron chi connectivity index (χ0n) is 10.9. The summed E-state index contributed by atoms with van der Waals surface area (Å²) in [7, 11) is 1.80. The van der Waals surface area contributed by atoms with Crippen LogP contribution in [0, 0.1) is 0 Å². The van der Waals surface area contributed by atoms with E-state index >= 15 is 0 Å². The third-order valence-corrected chi connectivity index (χ3v) is 3.48. The molecular weight excluding hydrogens is 309 g/mol. The Kier molecular flexibility index (Phi) is 8.52. The van der Waals surface area contributed by atoms with Crippen molar-refractivity contribution >= 4 is 42.1 Å². The summed E-state index contributed by atoms with van der Waals surface area (Å²) in [5, 5.41) is 5.15. The molecule has 0 bridgehead atoms. The fourth-order valence-electron chi connectivity index (χ4n) is 1.88. The number of morpholine rings is 1. The van der Waals surface area contributed by atoms with Gasteiger partial charge >= 0.3 is 0 Å². The second kappa shape index (κ2) is 8.71. The van der Waals surface area contributed by atoms with Crippen LogP contribution >= 0.6 is 36.2 Å². The van der Waals surface area contributed by atoms with Gasteiger partial charge in [-0.15, -0.1) is 36.2 Å². The zero-order valence-corrected chi connectivity index (χ0v) is 13.3. The lowest BCUT2D eigenvalue weighted by Gasteiger charge is -2.32. The van der Waals surface area contributed by atoms with Crippen LogP contribution in [0.2, 0.25) is 0 Å². The zero-order chi connectivity index (χ0) is 12.3. The van der Waals surface area contributed by atoms with Gasteiger partial charge in [0.15, 0.2) is 0 Å². The van der Waals surface area contributed by atoms with Crippen molar-refractivity contribution in [2.45, 2.75) is 25.6 Å². The maximum Gasteiger partial charge on any atom is 0.242 e. The molecule has 1 aliphatic rings. The van der Waals surface area contributed by atoms with E-state index in [2.05, 4.69) is 10.3 Å². The fourth-order valence-corrected chi connectivity index (χ4v) is 2.43. The number of hydrogen-bond donors (Lipinski definition) is 1. The Labute approximate surface area is 129 Å². The minimum atomic E-state index is -0.243. The molecule has 2 heterocycles. The molecule has 0 saturated carbocycles. The van der Waals surface area contributed by atoms with Crippen LogP contribution in [0.25, 0.3) is 0 Å². The highest BCUT2D eigenvalue weighted by molar-refractivity contribution is 7.07. The maximum atomic E-state index is 12.2. The minimum Gasteiger partial charge on any atom is -0.375 e. The molecular formula is C11H19Cl2N3O2S. The number of aromatic nitrogens is 1. The third-order valence-electron chi connectivity index (χ3n) is 2.84. The number of rotatable bonds is 3. The fraction of sp³-hybridized carbons (Fsp3) is 0.636. The quantitative estimate of drug-likeness (QED) is 0.909. The number of nitrogens with one attached hydrogen (secondary N) is 1. The Bertz CT molecular complexity index is 378. The highest BCUT2D eigenvalue weighted by Crippen LogP contribution is 2.10. The molecule has 0 unspecified atom stereocenters. The Balaban J connectivity index is 0.00000162. The van der Waals surface area contributed by atoms with E-state index in [1.165, 1.54) is 0 Å². The van der Waals surface area contributed by atoms with Gasteiger partial charge in [0.1, 0.15) is 6.04 Å². The summed E-state index contributed by atoms with van der Waals surface area (Å²) >= 11 is 1.54. The first-order valence-electron chi connectivity index (χ1n) is 5.65. The van der Waals surface area contributed by atoms with E-state index in [1.807, 2.05) is 12.3 Å². The summed E-state index contributed by atoms with van der Waals surface area (Å²) in [6.45, 7) is 3.87. The van der Waals surface area contributed by atoms with E-state index in [0.29, 0.717) is 13.2 Å². The van der Waals surface area contributed by atoms with E-state index in [1.54, 1.807) is 28.8 Å². The van der Waals surface area contributed by atoms with Crippen LogP contribution < -0.4 is 5.32 Å². The highest BCUT2D eigenvalue weighted by Gasteiger charge is 2.30. The van der Waals surface area contributed by atoms with Gasteiger partial charge in [0.05, 0.1) is 30.5 Å². The van der Waals surface area contributed by atoms with Crippen LogP contribution in [0.1, 0.15) is 12.6 Å². The highest BCUT2D eigenvalue weighted by atomic mass is 35.5. The summed E-state index contributed by atoms with van der Waals surface area (Å²) < 4.78 is 5.47. The van der Waals surface area contributed by atoms with Gasteiger partial charge in [0.2, 0.25) is 5.91 Å². The van der Waals surface area contributed by atoms with Crippen molar-refractivity contribution < 1.29 is 9.53 Å². The van der Waals surface area contributed by atoms with Gasteiger partial charge in [-0.1, -0.05) is 0 Å². The molecule has 1 fully saturated rings. The number of ether oxygens (including phenoxy) is 1. The van der Waals surface area contributed by atoms with Gasteiger partial charge in [-0.05, 0) is 6.92 Å². The molecule has 2 rings (SSSR count). The molecule has 1 aliphatic heterocycles. The molecule has 0 aliphatic carbocycles.